The number of likely N-dealkylation sites (N-methyl/N-ethyl adjacent to an activating group) is 2. The highest BCUT2D eigenvalue weighted by Gasteiger charge is 2.08. The number of methoxy groups -OCH3 is 2. The van der Waals surface area contributed by atoms with E-state index in [0.717, 1.165) is 13.1 Å². The normalized spacial score (nSPS) is 11.3. The van der Waals surface area contributed by atoms with Crippen molar-refractivity contribution in [3.05, 3.63) is 0 Å². The zero-order valence-corrected chi connectivity index (χ0v) is 12.8. The van der Waals surface area contributed by atoms with Gasteiger partial charge in [-0.2, -0.15) is 0 Å². The lowest BCUT2D eigenvalue weighted by atomic mass is 10.3. The molecule has 0 amide bonds. The summed E-state index contributed by atoms with van der Waals surface area (Å²) in [6, 6.07) is 0. The maximum Gasteiger partial charge on any atom is 0.0824 e. The van der Waals surface area contributed by atoms with Crippen LogP contribution in [0.1, 0.15) is 0 Å². The monoisotopic (exact) mass is 264 g/mol. The van der Waals surface area contributed by atoms with E-state index in [2.05, 4.69) is 38.0 Å². The smallest absolute Gasteiger partial charge is 0.0824 e. The SMILES string of the molecule is COC(CN(C)C)CN(C)C.COC(CN)CN. The first-order chi connectivity index (χ1) is 8.40. The Hall–Kier alpha value is -0.240. The van der Waals surface area contributed by atoms with Crippen LogP contribution in [-0.2, 0) is 9.47 Å². The van der Waals surface area contributed by atoms with Crippen LogP contribution in [0.25, 0.3) is 0 Å². The summed E-state index contributed by atoms with van der Waals surface area (Å²) in [5.41, 5.74) is 10.4. The third-order valence-corrected chi connectivity index (χ3v) is 2.33. The molecule has 0 aliphatic heterocycles. The van der Waals surface area contributed by atoms with Crippen molar-refractivity contribution in [3.8, 4) is 0 Å². The summed E-state index contributed by atoms with van der Waals surface area (Å²) < 4.78 is 10.1. The van der Waals surface area contributed by atoms with Crippen LogP contribution in [0, 0.1) is 0 Å². The summed E-state index contributed by atoms with van der Waals surface area (Å²) in [6.07, 6.45) is 0.361. The van der Waals surface area contributed by atoms with Gasteiger partial charge in [0.15, 0.2) is 0 Å². The highest BCUT2D eigenvalue weighted by atomic mass is 16.5. The molecule has 0 radical (unpaired) electrons. The molecule has 0 heterocycles. The fourth-order valence-corrected chi connectivity index (χ4v) is 1.31. The Kier molecular flexibility index (Phi) is 14.7. The van der Waals surface area contributed by atoms with Crippen LogP contribution < -0.4 is 11.5 Å². The Morgan fingerprint density at radius 2 is 1.11 bits per heavy atom. The Morgan fingerprint density at radius 1 is 0.778 bits per heavy atom. The van der Waals surface area contributed by atoms with E-state index in [9.17, 15) is 0 Å². The van der Waals surface area contributed by atoms with Crippen LogP contribution in [0.15, 0.2) is 0 Å². The van der Waals surface area contributed by atoms with Gasteiger partial charge < -0.3 is 30.7 Å². The minimum absolute atomic E-state index is 0.0417. The van der Waals surface area contributed by atoms with Gasteiger partial charge in [-0.15, -0.1) is 0 Å². The third kappa shape index (κ3) is 13.8. The molecule has 0 aromatic heterocycles. The second kappa shape index (κ2) is 13.2. The first kappa shape index (κ1) is 20.1. The largest absolute Gasteiger partial charge is 0.379 e. The summed E-state index contributed by atoms with van der Waals surface area (Å²) in [5.74, 6) is 0. The summed E-state index contributed by atoms with van der Waals surface area (Å²) >= 11 is 0. The van der Waals surface area contributed by atoms with Crippen molar-refractivity contribution in [1.82, 2.24) is 9.80 Å². The van der Waals surface area contributed by atoms with E-state index < -0.39 is 0 Å². The van der Waals surface area contributed by atoms with E-state index in [0.29, 0.717) is 19.2 Å². The molecule has 0 unspecified atom stereocenters. The van der Waals surface area contributed by atoms with E-state index >= 15 is 0 Å². The molecule has 6 heteroatoms. The predicted octanol–water partition coefficient (Wildman–Crippen LogP) is -0.957. The van der Waals surface area contributed by atoms with E-state index in [1.807, 2.05) is 0 Å². The van der Waals surface area contributed by atoms with E-state index in [4.69, 9.17) is 20.9 Å². The third-order valence-electron chi connectivity index (χ3n) is 2.33. The quantitative estimate of drug-likeness (QED) is 0.588. The van der Waals surface area contributed by atoms with Gasteiger partial charge in [0.2, 0.25) is 0 Å². The minimum atomic E-state index is 0.0417. The Morgan fingerprint density at radius 3 is 1.22 bits per heavy atom. The molecule has 0 atom stereocenters. The van der Waals surface area contributed by atoms with Crippen LogP contribution in [0.4, 0.5) is 0 Å². The van der Waals surface area contributed by atoms with Gasteiger partial charge in [0.25, 0.3) is 0 Å². The Bertz CT molecular complexity index is 149. The molecule has 0 aliphatic rings. The van der Waals surface area contributed by atoms with Crippen LogP contribution in [0.2, 0.25) is 0 Å². The lowest BCUT2D eigenvalue weighted by Crippen LogP contribution is -2.35. The molecule has 0 aromatic carbocycles. The molecule has 112 valence electrons. The molecule has 6 nitrogen and oxygen atoms in total. The van der Waals surface area contributed by atoms with Crippen LogP contribution in [-0.4, -0.2) is 90.6 Å². The fourth-order valence-electron chi connectivity index (χ4n) is 1.31. The zero-order chi connectivity index (χ0) is 14.6. The molecule has 4 N–H and O–H groups in total. The highest BCUT2D eigenvalue weighted by Crippen LogP contribution is 1.93. The van der Waals surface area contributed by atoms with E-state index in [1.54, 1.807) is 14.2 Å². The average Bonchev–Trinajstić information content (AvgIpc) is 2.30. The van der Waals surface area contributed by atoms with Gasteiger partial charge in [-0.25, -0.2) is 0 Å². The Labute approximate surface area is 112 Å². The van der Waals surface area contributed by atoms with E-state index in [1.165, 1.54) is 0 Å². The van der Waals surface area contributed by atoms with Gasteiger partial charge in [-0.05, 0) is 28.2 Å². The first-order valence-corrected chi connectivity index (χ1v) is 6.16. The fraction of sp³-hybridized carbons (Fsp3) is 1.00. The van der Waals surface area contributed by atoms with Crippen LogP contribution in [0.3, 0.4) is 0 Å². The summed E-state index contributed by atoms with van der Waals surface area (Å²) in [6.45, 7) is 2.98. The number of nitrogens with zero attached hydrogens (tertiary/aromatic N) is 2. The molecule has 0 aliphatic carbocycles. The molecule has 0 rings (SSSR count). The molecule has 0 saturated heterocycles. The molecule has 0 spiro atoms. The summed E-state index contributed by atoms with van der Waals surface area (Å²) in [4.78, 5) is 4.27. The van der Waals surface area contributed by atoms with Gasteiger partial charge >= 0.3 is 0 Å². The van der Waals surface area contributed by atoms with Gasteiger partial charge in [-0.3, -0.25) is 0 Å². The van der Waals surface area contributed by atoms with Crippen molar-refractivity contribution in [3.63, 3.8) is 0 Å². The number of hydrogen-bond acceptors (Lipinski definition) is 6. The highest BCUT2D eigenvalue weighted by molar-refractivity contribution is 4.63. The van der Waals surface area contributed by atoms with Gasteiger partial charge in [0.05, 0.1) is 12.2 Å². The zero-order valence-electron chi connectivity index (χ0n) is 12.8. The number of nitrogens with two attached hydrogens (primary N) is 2. The Balaban J connectivity index is 0. The second-order valence-electron chi connectivity index (χ2n) is 4.71. The van der Waals surface area contributed by atoms with Crippen molar-refractivity contribution in [1.29, 1.82) is 0 Å². The van der Waals surface area contributed by atoms with E-state index in [-0.39, 0.29) is 6.10 Å². The van der Waals surface area contributed by atoms with Crippen molar-refractivity contribution in [2.75, 3.05) is 68.6 Å². The van der Waals surface area contributed by atoms with Crippen LogP contribution in [0.5, 0.6) is 0 Å². The second-order valence-corrected chi connectivity index (χ2v) is 4.71. The average molecular weight is 264 g/mol. The topological polar surface area (TPSA) is 77.0 Å². The molecular weight excluding hydrogens is 232 g/mol. The maximum atomic E-state index is 5.29. The summed E-state index contributed by atoms with van der Waals surface area (Å²) in [5, 5.41) is 0. The molecular formula is C12H32N4O2. The van der Waals surface area contributed by atoms with Gasteiger partial charge in [0.1, 0.15) is 0 Å². The number of rotatable bonds is 8. The van der Waals surface area contributed by atoms with Crippen molar-refractivity contribution in [2.45, 2.75) is 12.2 Å². The molecule has 0 aromatic rings. The standard InChI is InChI=1S/C8H20N2O.C4H12N2O/c1-9(2)6-8(11-5)7-10(3)4;1-7-4(2-5)3-6/h8H,6-7H2,1-5H3;4H,2-3,5-6H2,1H3. The lowest BCUT2D eigenvalue weighted by Gasteiger charge is -2.22. The van der Waals surface area contributed by atoms with Crippen molar-refractivity contribution >= 4 is 0 Å². The maximum absolute atomic E-state index is 5.29. The van der Waals surface area contributed by atoms with Gasteiger partial charge in [0, 0.05) is 40.4 Å². The molecule has 0 saturated carbocycles. The minimum Gasteiger partial charge on any atom is -0.379 e. The molecule has 18 heavy (non-hydrogen) atoms. The van der Waals surface area contributed by atoms with Gasteiger partial charge in [-0.1, -0.05) is 0 Å². The first-order valence-electron chi connectivity index (χ1n) is 6.16. The van der Waals surface area contributed by atoms with Crippen molar-refractivity contribution < 1.29 is 9.47 Å². The predicted molar refractivity (Wildman–Crippen MR) is 76.8 cm³/mol. The number of ether oxygens (including phenoxy) is 2. The van der Waals surface area contributed by atoms with Crippen LogP contribution >= 0.6 is 0 Å². The lowest BCUT2D eigenvalue weighted by molar-refractivity contribution is 0.0578. The summed E-state index contributed by atoms with van der Waals surface area (Å²) in [7, 11) is 11.6. The molecule has 0 bridgehead atoms. The molecule has 0 fully saturated rings. The van der Waals surface area contributed by atoms with Crippen molar-refractivity contribution in [2.24, 2.45) is 11.5 Å². The number of hydrogen-bond donors (Lipinski definition) is 2.